The number of amidine groups is 1. The Bertz CT molecular complexity index is 628. The highest BCUT2D eigenvalue weighted by atomic mass is 16.2. The van der Waals surface area contributed by atoms with E-state index in [1.807, 2.05) is 0 Å². The summed E-state index contributed by atoms with van der Waals surface area (Å²) in [6.45, 7) is 7.54. The first-order valence-electron chi connectivity index (χ1n) is 9.69. The van der Waals surface area contributed by atoms with E-state index in [1.165, 1.54) is 17.7 Å². The quantitative estimate of drug-likeness (QED) is 0.142. The summed E-state index contributed by atoms with van der Waals surface area (Å²) in [6.07, 6.45) is 6.99. The molecule has 1 rings (SSSR count). The molecule has 0 bridgehead atoms. The van der Waals surface area contributed by atoms with Crippen molar-refractivity contribution in [2.45, 2.75) is 45.1 Å². The first-order valence-corrected chi connectivity index (χ1v) is 9.69. The van der Waals surface area contributed by atoms with Crippen LogP contribution in [0.1, 0.15) is 39.0 Å². The monoisotopic (exact) mass is 388 g/mol. The average molecular weight is 389 g/mol. The molecule has 1 aliphatic carbocycles. The molecule has 3 N–H and O–H groups in total. The maximum atomic E-state index is 11.6. The first kappa shape index (κ1) is 23.4. The molecule has 0 spiro atoms. The van der Waals surface area contributed by atoms with Crippen molar-refractivity contribution in [2.24, 2.45) is 9.98 Å². The predicted octanol–water partition coefficient (Wildman–Crippen LogP) is 0.667. The van der Waals surface area contributed by atoms with Gasteiger partial charge in [-0.05, 0) is 32.4 Å². The standard InChI is InChI=1S/C20H32N6O2/c1-4-11-23-20(25-15-24-18-9-10-18)17(13-21-2)8-6-5-7-12-22-19(28)14-26(3)16-27/h13,16,18,24H,2,4-5,7,9-12,14-15H2,1,3H3,(H,22,28)(H,23,25)/b17-13-. The van der Waals surface area contributed by atoms with E-state index in [0.717, 1.165) is 25.2 Å². The number of carbonyl (C=O) groups excluding carboxylic acids is 2. The molecule has 1 aliphatic rings. The van der Waals surface area contributed by atoms with Gasteiger partial charge in [0.25, 0.3) is 0 Å². The fourth-order valence-electron chi connectivity index (χ4n) is 2.15. The van der Waals surface area contributed by atoms with E-state index in [4.69, 9.17) is 0 Å². The van der Waals surface area contributed by atoms with Crippen molar-refractivity contribution in [3.63, 3.8) is 0 Å². The number of nitrogens with zero attached hydrogens (tertiary/aromatic N) is 3. The number of nitrogens with one attached hydrogen (secondary N) is 3. The zero-order valence-electron chi connectivity index (χ0n) is 17.0. The van der Waals surface area contributed by atoms with Crippen LogP contribution < -0.4 is 16.0 Å². The number of hydrogen-bond acceptors (Lipinski definition) is 5. The Morgan fingerprint density at radius 3 is 2.75 bits per heavy atom. The predicted molar refractivity (Wildman–Crippen MR) is 113 cm³/mol. The lowest BCUT2D eigenvalue weighted by molar-refractivity contribution is -0.127. The summed E-state index contributed by atoms with van der Waals surface area (Å²) in [6, 6.07) is 0.591. The number of rotatable bonds is 13. The van der Waals surface area contributed by atoms with Crippen LogP contribution in [0.4, 0.5) is 0 Å². The van der Waals surface area contributed by atoms with E-state index in [9.17, 15) is 9.59 Å². The van der Waals surface area contributed by atoms with Crippen LogP contribution in [-0.2, 0) is 9.59 Å². The van der Waals surface area contributed by atoms with Crippen molar-refractivity contribution >= 4 is 24.9 Å². The van der Waals surface area contributed by atoms with Gasteiger partial charge in [-0.1, -0.05) is 18.8 Å². The molecular formula is C20H32N6O2. The number of amides is 2. The Hall–Kier alpha value is -2.66. The van der Waals surface area contributed by atoms with Gasteiger partial charge < -0.3 is 15.5 Å². The number of carbonyl (C=O) groups is 2. The summed E-state index contributed by atoms with van der Waals surface area (Å²) >= 11 is 0. The molecule has 0 aromatic heterocycles. The molecule has 0 heterocycles. The Balaban J connectivity index is 2.49. The lowest BCUT2D eigenvalue weighted by Crippen LogP contribution is -2.34. The second-order valence-corrected chi connectivity index (χ2v) is 6.57. The van der Waals surface area contributed by atoms with Crippen molar-refractivity contribution in [3.8, 4) is 11.8 Å². The number of hydrogen-bond donors (Lipinski definition) is 3. The third-order valence-corrected chi connectivity index (χ3v) is 3.81. The fraction of sp³-hybridized carbons (Fsp3) is 0.600. The van der Waals surface area contributed by atoms with Gasteiger partial charge in [-0.25, -0.2) is 0 Å². The van der Waals surface area contributed by atoms with E-state index >= 15 is 0 Å². The topological polar surface area (TPSA) is 98.2 Å². The van der Waals surface area contributed by atoms with Gasteiger partial charge in [0.05, 0.1) is 18.8 Å². The number of aliphatic imine (C=N–C) groups is 2. The Kier molecular flexibility index (Phi) is 12.0. The van der Waals surface area contributed by atoms with Crippen LogP contribution in [0.15, 0.2) is 21.8 Å². The number of unbranched alkanes of at least 4 members (excludes halogenated alkanes) is 1. The van der Waals surface area contributed by atoms with Crippen molar-refractivity contribution in [1.82, 2.24) is 20.9 Å². The third kappa shape index (κ3) is 11.1. The summed E-state index contributed by atoms with van der Waals surface area (Å²) in [5, 5.41) is 9.42. The highest BCUT2D eigenvalue weighted by molar-refractivity contribution is 6.02. The molecule has 2 amide bonds. The minimum absolute atomic E-state index is 0.0604. The normalized spacial score (nSPS) is 13.9. The van der Waals surface area contributed by atoms with Crippen LogP contribution in [0.25, 0.3) is 0 Å². The molecule has 8 nitrogen and oxygen atoms in total. The van der Waals surface area contributed by atoms with E-state index in [2.05, 4.69) is 51.4 Å². The minimum atomic E-state index is -0.180. The van der Waals surface area contributed by atoms with E-state index in [0.29, 0.717) is 37.7 Å². The van der Waals surface area contributed by atoms with Gasteiger partial charge in [0.15, 0.2) is 0 Å². The first-order chi connectivity index (χ1) is 13.6. The van der Waals surface area contributed by atoms with Gasteiger partial charge in [0.2, 0.25) is 12.3 Å². The van der Waals surface area contributed by atoms with Crippen LogP contribution in [0.2, 0.25) is 0 Å². The zero-order valence-corrected chi connectivity index (χ0v) is 17.0. The molecule has 0 atom stereocenters. The van der Waals surface area contributed by atoms with Crippen LogP contribution in [0.5, 0.6) is 0 Å². The van der Waals surface area contributed by atoms with Crippen molar-refractivity contribution in [2.75, 3.05) is 33.4 Å². The summed E-state index contributed by atoms with van der Waals surface area (Å²) in [5.74, 6) is 6.74. The highest BCUT2D eigenvalue weighted by Crippen LogP contribution is 2.18. The SMILES string of the molecule is C=N/C=C(C#CCCCNC(=O)CN(C)C=O)\C(=N/CNC1CC1)NCCC. The van der Waals surface area contributed by atoms with E-state index < -0.39 is 0 Å². The molecule has 0 unspecified atom stereocenters. The summed E-state index contributed by atoms with van der Waals surface area (Å²) in [5.41, 5.74) is 0.706. The molecule has 28 heavy (non-hydrogen) atoms. The summed E-state index contributed by atoms with van der Waals surface area (Å²) in [7, 11) is 1.56. The second-order valence-electron chi connectivity index (χ2n) is 6.57. The smallest absolute Gasteiger partial charge is 0.239 e. The lowest BCUT2D eigenvalue weighted by atomic mass is 10.2. The van der Waals surface area contributed by atoms with Gasteiger partial charge in [-0.2, -0.15) is 0 Å². The van der Waals surface area contributed by atoms with Gasteiger partial charge in [0.1, 0.15) is 5.84 Å². The zero-order chi connectivity index (χ0) is 20.6. The van der Waals surface area contributed by atoms with Gasteiger partial charge >= 0.3 is 0 Å². The Morgan fingerprint density at radius 2 is 2.11 bits per heavy atom. The number of likely N-dealkylation sites (N-methyl/N-ethyl adjacent to an activating group) is 1. The van der Waals surface area contributed by atoms with Crippen molar-refractivity contribution in [1.29, 1.82) is 0 Å². The van der Waals surface area contributed by atoms with Crippen molar-refractivity contribution in [3.05, 3.63) is 11.8 Å². The highest BCUT2D eigenvalue weighted by Gasteiger charge is 2.19. The molecular weight excluding hydrogens is 356 g/mol. The van der Waals surface area contributed by atoms with E-state index in [-0.39, 0.29) is 12.5 Å². The van der Waals surface area contributed by atoms with Crippen molar-refractivity contribution < 1.29 is 9.59 Å². The minimum Gasteiger partial charge on any atom is -0.369 e. The molecule has 0 aromatic rings. The van der Waals surface area contributed by atoms with Gasteiger partial charge in [-0.15, -0.1) is 0 Å². The molecule has 0 saturated heterocycles. The van der Waals surface area contributed by atoms with Crippen LogP contribution in [0.3, 0.4) is 0 Å². The molecule has 154 valence electrons. The second kappa shape index (κ2) is 14.4. The Morgan fingerprint density at radius 1 is 1.32 bits per heavy atom. The lowest BCUT2D eigenvalue weighted by Gasteiger charge is -2.10. The van der Waals surface area contributed by atoms with Crippen LogP contribution in [-0.4, -0.2) is 69.2 Å². The molecule has 1 fully saturated rings. The van der Waals surface area contributed by atoms with E-state index in [1.54, 1.807) is 13.2 Å². The third-order valence-electron chi connectivity index (χ3n) is 3.81. The van der Waals surface area contributed by atoms with Gasteiger partial charge in [0, 0.05) is 38.8 Å². The fourth-order valence-corrected chi connectivity index (χ4v) is 2.15. The maximum absolute atomic E-state index is 11.6. The average Bonchev–Trinajstić information content (AvgIpc) is 3.50. The van der Waals surface area contributed by atoms with Crippen LogP contribution >= 0.6 is 0 Å². The Labute approximate surface area is 168 Å². The summed E-state index contributed by atoms with van der Waals surface area (Å²) in [4.78, 5) is 31.8. The molecule has 0 aromatic carbocycles. The molecule has 8 heteroatoms. The summed E-state index contributed by atoms with van der Waals surface area (Å²) < 4.78 is 0. The molecule has 0 radical (unpaired) electrons. The largest absolute Gasteiger partial charge is 0.369 e. The van der Waals surface area contributed by atoms with Gasteiger partial charge in [-0.3, -0.25) is 24.9 Å². The maximum Gasteiger partial charge on any atom is 0.239 e. The van der Waals surface area contributed by atoms with Crippen LogP contribution in [0, 0.1) is 11.8 Å². The molecule has 1 saturated carbocycles. The molecule has 0 aliphatic heterocycles.